The van der Waals surface area contributed by atoms with Crippen molar-refractivity contribution in [1.29, 1.82) is 0 Å². The smallest absolute Gasteiger partial charge is 0.128 e. The van der Waals surface area contributed by atoms with Crippen LogP contribution in [0.25, 0.3) is 5.70 Å². The summed E-state index contributed by atoms with van der Waals surface area (Å²) < 4.78 is 16.0. The topological polar surface area (TPSA) is 74.7 Å². The molecular weight excluding hydrogens is 321 g/mol. The van der Waals surface area contributed by atoms with Gasteiger partial charge in [-0.1, -0.05) is 12.1 Å². The van der Waals surface area contributed by atoms with Crippen LogP contribution in [0, 0.1) is 12.7 Å². The summed E-state index contributed by atoms with van der Waals surface area (Å²) in [5.74, 6) is 5.60. The van der Waals surface area contributed by atoms with Crippen molar-refractivity contribution < 1.29 is 4.39 Å². The molecule has 0 radical (unpaired) electrons. The summed E-state index contributed by atoms with van der Waals surface area (Å²) in [5, 5.41) is 7.44. The van der Waals surface area contributed by atoms with Crippen LogP contribution in [0.2, 0.25) is 0 Å². The summed E-state index contributed by atoms with van der Waals surface area (Å²) in [4.78, 5) is 4.43. The van der Waals surface area contributed by atoms with Crippen LogP contribution >= 0.6 is 0 Å². The lowest BCUT2D eigenvalue weighted by atomic mass is 10.1. The Morgan fingerprint density at radius 3 is 2.88 bits per heavy atom. The molecule has 8 heteroatoms. The second kappa shape index (κ2) is 5.75. The molecule has 2 aromatic rings. The van der Waals surface area contributed by atoms with Gasteiger partial charge < -0.3 is 0 Å². The van der Waals surface area contributed by atoms with E-state index in [0.29, 0.717) is 12.1 Å². The Morgan fingerprint density at radius 2 is 2.16 bits per heavy atom. The summed E-state index contributed by atoms with van der Waals surface area (Å²) in [6.45, 7) is 2.24. The largest absolute Gasteiger partial charge is 0.295 e. The summed E-state index contributed by atoms with van der Waals surface area (Å²) >= 11 is 0. The predicted octanol–water partition coefficient (Wildman–Crippen LogP) is 1.62. The molecule has 128 valence electrons. The van der Waals surface area contributed by atoms with Crippen LogP contribution in [0.5, 0.6) is 0 Å². The fourth-order valence-corrected chi connectivity index (χ4v) is 2.97. The van der Waals surface area contributed by atoms with Crippen molar-refractivity contribution in [1.82, 2.24) is 25.2 Å². The lowest BCUT2D eigenvalue weighted by Crippen LogP contribution is -2.34. The van der Waals surface area contributed by atoms with Crippen molar-refractivity contribution in [2.24, 2.45) is 17.9 Å². The number of benzene rings is 1. The zero-order chi connectivity index (χ0) is 17.6. The van der Waals surface area contributed by atoms with E-state index in [-0.39, 0.29) is 5.82 Å². The highest BCUT2D eigenvalue weighted by Gasteiger charge is 2.31. The molecule has 0 fully saturated rings. The Balaban J connectivity index is 1.72. The van der Waals surface area contributed by atoms with Crippen molar-refractivity contribution in [3.05, 3.63) is 70.7 Å². The number of rotatable bonds is 3. The molecule has 0 unspecified atom stereocenters. The molecule has 25 heavy (non-hydrogen) atoms. The van der Waals surface area contributed by atoms with Gasteiger partial charge in [-0.25, -0.2) is 15.2 Å². The predicted molar refractivity (Wildman–Crippen MR) is 92.5 cm³/mol. The quantitative estimate of drug-likeness (QED) is 0.831. The Bertz CT molecular complexity index is 905. The first-order valence-electron chi connectivity index (χ1n) is 7.84. The average molecular weight is 339 g/mol. The van der Waals surface area contributed by atoms with Gasteiger partial charge in [0.2, 0.25) is 0 Å². The molecule has 1 aromatic heterocycles. The monoisotopic (exact) mass is 339 g/mol. The SMILES string of the molecule is Cc1cccc(F)c1CN1NC(c2cnn(C)c2)=C2N=CN(N)C=C21. The molecule has 3 N–H and O–H groups in total. The zero-order valence-electron chi connectivity index (χ0n) is 13.9. The van der Waals surface area contributed by atoms with E-state index in [9.17, 15) is 4.39 Å². The van der Waals surface area contributed by atoms with E-state index in [0.717, 1.165) is 28.2 Å². The lowest BCUT2D eigenvalue weighted by Gasteiger charge is -2.25. The number of hydrogen-bond acceptors (Lipinski definition) is 6. The Labute approximate surface area is 144 Å². The summed E-state index contributed by atoms with van der Waals surface area (Å²) in [7, 11) is 1.85. The highest BCUT2D eigenvalue weighted by molar-refractivity contribution is 5.77. The maximum absolute atomic E-state index is 14.3. The van der Waals surface area contributed by atoms with Crippen LogP contribution in [0.4, 0.5) is 4.39 Å². The van der Waals surface area contributed by atoms with Gasteiger partial charge in [-0.3, -0.25) is 20.1 Å². The van der Waals surface area contributed by atoms with Gasteiger partial charge in [-0.2, -0.15) is 5.10 Å². The molecule has 3 heterocycles. The van der Waals surface area contributed by atoms with Gasteiger partial charge in [0.25, 0.3) is 0 Å². The van der Waals surface area contributed by atoms with E-state index in [1.807, 2.05) is 31.2 Å². The van der Waals surface area contributed by atoms with E-state index < -0.39 is 0 Å². The molecule has 1 aromatic carbocycles. The van der Waals surface area contributed by atoms with Gasteiger partial charge in [0, 0.05) is 30.6 Å². The van der Waals surface area contributed by atoms with Crippen molar-refractivity contribution in [2.75, 3.05) is 0 Å². The molecule has 0 spiro atoms. The van der Waals surface area contributed by atoms with Gasteiger partial charge in [0.15, 0.2) is 0 Å². The highest BCUT2D eigenvalue weighted by Crippen LogP contribution is 2.34. The second-order valence-corrected chi connectivity index (χ2v) is 6.07. The third-order valence-corrected chi connectivity index (χ3v) is 4.27. The van der Waals surface area contributed by atoms with Crippen molar-refractivity contribution in [2.45, 2.75) is 13.5 Å². The number of aromatic nitrogens is 2. The number of nitrogens with one attached hydrogen (secondary N) is 1. The van der Waals surface area contributed by atoms with Crippen LogP contribution in [-0.4, -0.2) is 26.1 Å². The molecule has 0 saturated carbocycles. The third-order valence-electron chi connectivity index (χ3n) is 4.27. The number of halogens is 1. The zero-order valence-corrected chi connectivity index (χ0v) is 13.9. The normalized spacial score (nSPS) is 16.2. The molecule has 0 bridgehead atoms. The van der Waals surface area contributed by atoms with Crippen LogP contribution < -0.4 is 11.3 Å². The molecule has 0 saturated heterocycles. The van der Waals surface area contributed by atoms with Crippen molar-refractivity contribution >= 4 is 12.0 Å². The fourth-order valence-electron chi connectivity index (χ4n) is 2.97. The number of aliphatic imine (C=N–C) groups is 1. The number of hydrogen-bond donors (Lipinski definition) is 2. The maximum Gasteiger partial charge on any atom is 0.128 e. The lowest BCUT2D eigenvalue weighted by molar-refractivity contribution is 0.297. The van der Waals surface area contributed by atoms with E-state index in [2.05, 4.69) is 15.5 Å². The highest BCUT2D eigenvalue weighted by atomic mass is 19.1. The molecule has 2 aliphatic rings. The maximum atomic E-state index is 14.3. The average Bonchev–Trinajstić information content (AvgIpc) is 3.15. The fraction of sp³-hybridized carbons (Fsp3) is 0.176. The van der Waals surface area contributed by atoms with Crippen LogP contribution in [0.15, 0.2) is 53.2 Å². The third kappa shape index (κ3) is 2.66. The van der Waals surface area contributed by atoms with Crippen molar-refractivity contribution in [3.63, 3.8) is 0 Å². The number of nitrogens with zero attached hydrogens (tertiary/aromatic N) is 5. The standard InChI is InChI=1S/C17H18FN7/c1-11-4-3-5-14(18)13(11)8-25-15-9-24(19)10-20-17(15)16(22-25)12-6-21-23(2)7-12/h3-7,9-10,22H,8,19H2,1-2H3. The van der Waals surface area contributed by atoms with E-state index >= 15 is 0 Å². The summed E-state index contributed by atoms with van der Waals surface area (Å²) in [6.07, 6.45) is 6.95. The van der Waals surface area contributed by atoms with Gasteiger partial charge >= 0.3 is 0 Å². The minimum atomic E-state index is -0.234. The van der Waals surface area contributed by atoms with Crippen molar-refractivity contribution in [3.8, 4) is 0 Å². The Morgan fingerprint density at radius 1 is 1.32 bits per heavy atom. The molecule has 2 aliphatic heterocycles. The van der Waals surface area contributed by atoms with Gasteiger partial charge in [-0.05, 0) is 18.6 Å². The first-order chi connectivity index (χ1) is 12.0. The van der Waals surface area contributed by atoms with E-state index in [1.54, 1.807) is 23.1 Å². The molecule has 0 aliphatic carbocycles. The molecular formula is C17H18FN7. The number of aryl methyl sites for hydroxylation is 2. The van der Waals surface area contributed by atoms with E-state index in [4.69, 9.17) is 5.84 Å². The first kappa shape index (κ1) is 15.4. The summed E-state index contributed by atoms with van der Waals surface area (Å²) in [6, 6.07) is 5.08. The minimum absolute atomic E-state index is 0.234. The Kier molecular flexibility index (Phi) is 3.54. The minimum Gasteiger partial charge on any atom is -0.295 e. The van der Waals surface area contributed by atoms with Gasteiger partial charge in [-0.15, -0.1) is 0 Å². The van der Waals surface area contributed by atoms with Gasteiger partial charge in [0.1, 0.15) is 23.5 Å². The molecule has 0 amide bonds. The van der Waals surface area contributed by atoms with Crippen LogP contribution in [-0.2, 0) is 13.6 Å². The second-order valence-electron chi connectivity index (χ2n) is 6.07. The summed E-state index contributed by atoms with van der Waals surface area (Å²) in [5.41, 5.74) is 8.09. The first-order valence-corrected chi connectivity index (χ1v) is 7.84. The number of fused-ring (bicyclic) bond motifs is 1. The molecule has 0 atom stereocenters. The van der Waals surface area contributed by atoms with E-state index in [1.165, 1.54) is 17.4 Å². The van der Waals surface area contributed by atoms with Crippen LogP contribution in [0.3, 0.4) is 0 Å². The number of nitrogens with two attached hydrogens (primary N) is 1. The van der Waals surface area contributed by atoms with Gasteiger partial charge in [0.05, 0.1) is 18.4 Å². The number of hydrazine groups is 2. The molecule has 7 nitrogen and oxygen atoms in total. The Hall–Kier alpha value is -3.13. The van der Waals surface area contributed by atoms with Crippen LogP contribution in [0.1, 0.15) is 16.7 Å². The molecule has 4 rings (SSSR count).